The van der Waals surface area contributed by atoms with Gasteiger partial charge in [0.25, 0.3) is 0 Å². The van der Waals surface area contributed by atoms with Gasteiger partial charge < -0.3 is 25.8 Å². The minimum absolute atomic E-state index is 0.0736. The average molecular weight is 422 g/mol. The fourth-order valence-electron chi connectivity index (χ4n) is 3.43. The van der Waals surface area contributed by atoms with Gasteiger partial charge in [0.1, 0.15) is 6.54 Å². The van der Waals surface area contributed by atoms with E-state index in [1.54, 1.807) is 35.2 Å². The SMILES string of the molecule is CCN(CC)C(=O)Cn1ccc2cc(NC(=O)NCc3cccc(C(N)=O)c3)ccc21. The highest BCUT2D eigenvalue weighted by molar-refractivity contribution is 5.94. The predicted octanol–water partition coefficient (Wildman–Crippen LogP) is 2.93. The lowest BCUT2D eigenvalue weighted by Crippen LogP contribution is -2.33. The summed E-state index contributed by atoms with van der Waals surface area (Å²) in [6.07, 6.45) is 1.88. The smallest absolute Gasteiger partial charge is 0.319 e. The maximum Gasteiger partial charge on any atom is 0.319 e. The van der Waals surface area contributed by atoms with Crippen LogP contribution in [0.2, 0.25) is 0 Å². The molecule has 0 saturated heterocycles. The predicted molar refractivity (Wildman–Crippen MR) is 121 cm³/mol. The highest BCUT2D eigenvalue weighted by Gasteiger charge is 2.12. The maximum atomic E-state index is 12.4. The van der Waals surface area contributed by atoms with E-state index in [4.69, 9.17) is 5.73 Å². The minimum Gasteiger partial charge on any atom is -0.366 e. The van der Waals surface area contributed by atoms with Crippen molar-refractivity contribution in [2.75, 3.05) is 18.4 Å². The first-order valence-corrected chi connectivity index (χ1v) is 10.2. The number of benzene rings is 2. The van der Waals surface area contributed by atoms with Crippen LogP contribution < -0.4 is 16.4 Å². The second-order valence-electron chi connectivity index (χ2n) is 7.16. The lowest BCUT2D eigenvalue weighted by Gasteiger charge is -2.19. The molecular weight excluding hydrogens is 394 g/mol. The van der Waals surface area contributed by atoms with Crippen LogP contribution in [0.4, 0.5) is 10.5 Å². The van der Waals surface area contributed by atoms with E-state index in [-0.39, 0.29) is 25.0 Å². The first kappa shape index (κ1) is 21.9. The number of anilines is 1. The van der Waals surface area contributed by atoms with Crippen LogP contribution in [0.15, 0.2) is 54.7 Å². The first-order chi connectivity index (χ1) is 14.9. The topological polar surface area (TPSA) is 109 Å². The number of aromatic nitrogens is 1. The Labute approximate surface area is 181 Å². The summed E-state index contributed by atoms with van der Waals surface area (Å²) in [6, 6.07) is 13.9. The Kier molecular flexibility index (Phi) is 6.92. The van der Waals surface area contributed by atoms with Gasteiger partial charge in [-0.25, -0.2) is 4.79 Å². The van der Waals surface area contributed by atoms with E-state index in [9.17, 15) is 14.4 Å². The Morgan fingerprint density at radius 1 is 1.03 bits per heavy atom. The van der Waals surface area contributed by atoms with E-state index in [0.717, 1.165) is 16.5 Å². The lowest BCUT2D eigenvalue weighted by molar-refractivity contribution is -0.131. The van der Waals surface area contributed by atoms with Crippen LogP contribution in [-0.4, -0.2) is 40.4 Å². The molecule has 8 nitrogen and oxygen atoms in total. The summed E-state index contributed by atoms with van der Waals surface area (Å²) in [5.74, 6) is -0.435. The van der Waals surface area contributed by atoms with Crippen molar-refractivity contribution in [2.24, 2.45) is 5.73 Å². The van der Waals surface area contributed by atoms with Crippen molar-refractivity contribution in [1.29, 1.82) is 0 Å². The molecule has 0 bridgehead atoms. The highest BCUT2D eigenvalue weighted by Crippen LogP contribution is 2.21. The van der Waals surface area contributed by atoms with Crippen molar-refractivity contribution in [2.45, 2.75) is 26.9 Å². The van der Waals surface area contributed by atoms with E-state index < -0.39 is 5.91 Å². The fourth-order valence-corrected chi connectivity index (χ4v) is 3.43. The molecule has 0 spiro atoms. The minimum atomic E-state index is -0.509. The number of urea groups is 1. The summed E-state index contributed by atoms with van der Waals surface area (Å²) in [5, 5.41) is 6.49. The Morgan fingerprint density at radius 2 is 1.81 bits per heavy atom. The van der Waals surface area contributed by atoms with Crippen molar-refractivity contribution in [3.63, 3.8) is 0 Å². The summed E-state index contributed by atoms with van der Waals surface area (Å²) < 4.78 is 1.91. The third-order valence-electron chi connectivity index (χ3n) is 5.12. The van der Waals surface area contributed by atoms with Crippen LogP contribution in [0.5, 0.6) is 0 Å². The monoisotopic (exact) mass is 421 g/mol. The molecule has 162 valence electrons. The number of fused-ring (bicyclic) bond motifs is 1. The number of nitrogens with two attached hydrogens (primary N) is 1. The van der Waals surface area contributed by atoms with Crippen LogP contribution in [0.1, 0.15) is 29.8 Å². The van der Waals surface area contributed by atoms with Crippen LogP contribution in [-0.2, 0) is 17.9 Å². The molecular formula is C23H27N5O3. The number of likely N-dealkylation sites (N-methyl/N-ethyl adjacent to an activating group) is 1. The van der Waals surface area contributed by atoms with Crippen molar-refractivity contribution in [1.82, 2.24) is 14.8 Å². The third kappa shape index (κ3) is 5.42. The maximum absolute atomic E-state index is 12.4. The fraction of sp³-hybridized carbons (Fsp3) is 0.261. The van der Waals surface area contributed by atoms with Gasteiger partial charge in [-0.15, -0.1) is 0 Å². The van der Waals surface area contributed by atoms with Crippen LogP contribution in [0.25, 0.3) is 10.9 Å². The van der Waals surface area contributed by atoms with Gasteiger partial charge in [0.15, 0.2) is 0 Å². The van der Waals surface area contributed by atoms with Gasteiger partial charge in [-0.05, 0) is 55.8 Å². The number of amides is 4. The van der Waals surface area contributed by atoms with Crippen LogP contribution in [0, 0.1) is 0 Å². The number of nitrogens with zero attached hydrogens (tertiary/aromatic N) is 2. The average Bonchev–Trinajstić information content (AvgIpc) is 3.15. The summed E-state index contributed by atoms with van der Waals surface area (Å²) >= 11 is 0. The molecule has 0 aliphatic heterocycles. The van der Waals surface area contributed by atoms with E-state index in [0.29, 0.717) is 24.3 Å². The number of primary amides is 1. The quantitative estimate of drug-likeness (QED) is 0.520. The Morgan fingerprint density at radius 3 is 2.52 bits per heavy atom. The van der Waals surface area contributed by atoms with Crippen molar-refractivity contribution in [3.8, 4) is 0 Å². The molecule has 3 rings (SSSR count). The van der Waals surface area contributed by atoms with Crippen LogP contribution in [0.3, 0.4) is 0 Å². The molecule has 0 aliphatic carbocycles. The standard InChI is InChI=1S/C23H27N5O3/c1-3-27(4-2)21(29)15-28-11-10-17-13-19(8-9-20(17)28)26-23(31)25-14-16-6-5-7-18(12-16)22(24)30/h5-13H,3-4,14-15H2,1-2H3,(H2,24,30)(H2,25,26,31). The summed E-state index contributed by atoms with van der Waals surface area (Å²) in [6.45, 7) is 5.84. The Hall–Kier alpha value is -3.81. The largest absolute Gasteiger partial charge is 0.366 e. The molecule has 8 heteroatoms. The molecule has 1 heterocycles. The first-order valence-electron chi connectivity index (χ1n) is 10.2. The number of carbonyl (C=O) groups is 3. The van der Waals surface area contributed by atoms with Gasteiger partial charge in [0, 0.05) is 48.0 Å². The Balaban J connectivity index is 1.62. The van der Waals surface area contributed by atoms with E-state index in [2.05, 4.69) is 10.6 Å². The van der Waals surface area contributed by atoms with Crippen molar-refractivity contribution < 1.29 is 14.4 Å². The van der Waals surface area contributed by atoms with Gasteiger partial charge >= 0.3 is 6.03 Å². The zero-order valence-corrected chi connectivity index (χ0v) is 17.7. The van der Waals surface area contributed by atoms with E-state index in [1.807, 2.05) is 42.8 Å². The van der Waals surface area contributed by atoms with Gasteiger partial charge in [0.05, 0.1) is 0 Å². The number of carbonyl (C=O) groups excluding carboxylic acids is 3. The molecule has 0 saturated carbocycles. The summed E-state index contributed by atoms with van der Waals surface area (Å²) in [4.78, 5) is 37.7. The molecule has 3 aromatic rings. The number of hydrogen-bond acceptors (Lipinski definition) is 3. The summed E-state index contributed by atoms with van der Waals surface area (Å²) in [5.41, 5.74) is 8.02. The zero-order chi connectivity index (χ0) is 22.4. The molecule has 0 atom stereocenters. The molecule has 4 N–H and O–H groups in total. The second kappa shape index (κ2) is 9.80. The van der Waals surface area contributed by atoms with Gasteiger partial charge in [0.2, 0.25) is 11.8 Å². The second-order valence-corrected chi connectivity index (χ2v) is 7.16. The van der Waals surface area contributed by atoms with Crippen molar-refractivity contribution in [3.05, 3.63) is 65.9 Å². The molecule has 1 aromatic heterocycles. The zero-order valence-electron chi connectivity index (χ0n) is 17.7. The van der Waals surface area contributed by atoms with Gasteiger partial charge in [-0.3, -0.25) is 9.59 Å². The number of hydrogen-bond donors (Lipinski definition) is 3. The van der Waals surface area contributed by atoms with E-state index in [1.165, 1.54) is 0 Å². The molecule has 0 fully saturated rings. The molecule has 0 aliphatic rings. The third-order valence-corrected chi connectivity index (χ3v) is 5.12. The van der Waals surface area contributed by atoms with Gasteiger partial charge in [-0.2, -0.15) is 0 Å². The normalized spacial score (nSPS) is 10.6. The highest BCUT2D eigenvalue weighted by atomic mass is 16.2. The van der Waals surface area contributed by atoms with Crippen molar-refractivity contribution >= 4 is 34.4 Å². The molecule has 4 amide bonds. The molecule has 2 aromatic carbocycles. The van der Waals surface area contributed by atoms with Crippen LogP contribution >= 0.6 is 0 Å². The number of nitrogens with one attached hydrogen (secondary N) is 2. The molecule has 0 radical (unpaired) electrons. The van der Waals surface area contributed by atoms with E-state index >= 15 is 0 Å². The molecule has 0 unspecified atom stereocenters. The molecule has 31 heavy (non-hydrogen) atoms. The van der Waals surface area contributed by atoms with Gasteiger partial charge in [-0.1, -0.05) is 12.1 Å². The number of rotatable bonds is 8. The summed E-state index contributed by atoms with van der Waals surface area (Å²) in [7, 11) is 0. The lowest BCUT2D eigenvalue weighted by atomic mass is 10.1. The Bertz CT molecular complexity index is 1100.